The fourth-order valence-electron chi connectivity index (χ4n) is 4.24. The first kappa shape index (κ1) is 22.6. The molecule has 0 bridgehead atoms. The first-order valence-electron chi connectivity index (χ1n) is 10.4. The van der Waals surface area contributed by atoms with Crippen molar-refractivity contribution < 1.29 is 19.5 Å². The molecule has 0 aromatic heterocycles. The Kier molecular flexibility index (Phi) is 6.48. The van der Waals surface area contributed by atoms with Gasteiger partial charge in [0, 0.05) is 10.3 Å². The highest BCUT2D eigenvalue weighted by Crippen LogP contribution is 2.56. The second-order valence-corrected chi connectivity index (χ2v) is 10.8. The molecule has 7 nitrogen and oxygen atoms in total. The molecule has 4 unspecified atom stereocenters. The van der Waals surface area contributed by atoms with Gasteiger partial charge in [-0.05, 0) is 44.7 Å². The van der Waals surface area contributed by atoms with E-state index < -0.39 is 16.8 Å². The van der Waals surface area contributed by atoms with Crippen molar-refractivity contribution in [2.24, 2.45) is 5.92 Å². The number of carbonyl (C=O) groups excluding carboxylic acids is 3. The Labute approximate surface area is 182 Å². The van der Waals surface area contributed by atoms with Crippen LogP contribution in [0.15, 0.2) is 24.3 Å². The monoisotopic (exact) mass is 433 g/mol. The van der Waals surface area contributed by atoms with Crippen LogP contribution in [0.2, 0.25) is 0 Å². The number of nitrogens with zero attached hydrogens (tertiary/aromatic N) is 1. The highest BCUT2D eigenvalue weighted by Gasteiger charge is 2.57. The Morgan fingerprint density at radius 3 is 2.50 bits per heavy atom. The van der Waals surface area contributed by atoms with Crippen LogP contribution in [0.1, 0.15) is 62.3 Å². The van der Waals surface area contributed by atoms with Gasteiger partial charge in [0.15, 0.2) is 0 Å². The molecule has 2 aliphatic heterocycles. The van der Waals surface area contributed by atoms with Crippen LogP contribution >= 0.6 is 11.8 Å². The third kappa shape index (κ3) is 4.21. The lowest BCUT2D eigenvalue weighted by molar-refractivity contribution is -0.131. The lowest BCUT2D eigenvalue weighted by Gasteiger charge is -2.30. The van der Waals surface area contributed by atoms with Crippen molar-refractivity contribution in [3.63, 3.8) is 0 Å². The maximum absolute atomic E-state index is 13.2. The summed E-state index contributed by atoms with van der Waals surface area (Å²) >= 11 is 1.59. The molecule has 2 aliphatic rings. The summed E-state index contributed by atoms with van der Waals surface area (Å²) < 4.78 is -0.501. The Bertz CT molecular complexity index is 841. The standard InChI is InChI=1S/C22H31N3O4S/c1-12(2)10-14(11-26)24-18(27)13(3)23-19(28)17-22(4,5)30-21-16-9-7-6-8-15(16)20(29)25(17)21/h6-9,12-14,17,21,26H,10-11H2,1-5H3,(H,23,28)(H,24,27). The van der Waals surface area contributed by atoms with Gasteiger partial charge in [-0.25, -0.2) is 0 Å². The van der Waals surface area contributed by atoms with E-state index in [0.29, 0.717) is 17.9 Å². The Balaban J connectivity index is 1.72. The van der Waals surface area contributed by atoms with Gasteiger partial charge >= 0.3 is 0 Å². The molecule has 8 heteroatoms. The SMILES string of the molecule is CC(C)CC(CO)NC(=O)C(C)NC(=O)C1N2C(=O)c3ccccc3C2SC1(C)C. The minimum absolute atomic E-state index is 0.150. The average molecular weight is 434 g/mol. The molecule has 3 amide bonds. The van der Waals surface area contributed by atoms with Crippen LogP contribution in [0.3, 0.4) is 0 Å². The lowest BCUT2D eigenvalue weighted by Crippen LogP contribution is -2.57. The Morgan fingerprint density at radius 2 is 1.87 bits per heavy atom. The smallest absolute Gasteiger partial charge is 0.256 e. The highest BCUT2D eigenvalue weighted by molar-refractivity contribution is 8.01. The molecule has 1 fully saturated rings. The number of nitrogens with one attached hydrogen (secondary N) is 2. The number of rotatable bonds is 7. The van der Waals surface area contributed by atoms with Crippen LogP contribution in [-0.4, -0.2) is 57.2 Å². The van der Waals surface area contributed by atoms with Crippen LogP contribution in [0.5, 0.6) is 0 Å². The van der Waals surface area contributed by atoms with E-state index in [1.54, 1.807) is 29.7 Å². The van der Waals surface area contributed by atoms with Crippen molar-refractivity contribution in [1.82, 2.24) is 15.5 Å². The van der Waals surface area contributed by atoms with Crippen LogP contribution in [0.25, 0.3) is 0 Å². The van der Waals surface area contributed by atoms with Gasteiger partial charge in [0.2, 0.25) is 11.8 Å². The van der Waals surface area contributed by atoms with Gasteiger partial charge in [0.25, 0.3) is 5.91 Å². The number of hydrogen-bond acceptors (Lipinski definition) is 5. The fraction of sp³-hybridized carbons (Fsp3) is 0.591. The quantitative estimate of drug-likeness (QED) is 0.611. The number of fused-ring (bicyclic) bond motifs is 3. The van der Waals surface area contributed by atoms with Crippen molar-refractivity contribution in [2.75, 3.05) is 6.61 Å². The zero-order chi connectivity index (χ0) is 22.2. The normalized spacial score (nSPS) is 23.7. The largest absolute Gasteiger partial charge is 0.394 e. The van der Waals surface area contributed by atoms with E-state index in [9.17, 15) is 19.5 Å². The maximum Gasteiger partial charge on any atom is 0.256 e. The van der Waals surface area contributed by atoms with Crippen molar-refractivity contribution in [2.45, 2.75) is 69.3 Å². The Morgan fingerprint density at radius 1 is 1.20 bits per heavy atom. The van der Waals surface area contributed by atoms with Crippen molar-refractivity contribution in [1.29, 1.82) is 0 Å². The zero-order valence-corrected chi connectivity index (χ0v) is 19.0. The summed E-state index contributed by atoms with van der Waals surface area (Å²) in [4.78, 5) is 40.4. The number of aliphatic hydroxyl groups is 1. The van der Waals surface area contributed by atoms with E-state index in [-0.39, 0.29) is 35.7 Å². The molecule has 2 heterocycles. The van der Waals surface area contributed by atoms with Crippen molar-refractivity contribution in [3.8, 4) is 0 Å². The molecule has 0 saturated carbocycles. The van der Waals surface area contributed by atoms with Crippen LogP contribution in [0.4, 0.5) is 0 Å². The number of benzene rings is 1. The maximum atomic E-state index is 13.2. The number of hydrogen-bond donors (Lipinski definition) is 3. The molecule has 0 spiro atoms. The summed E-state index contributed by atoms with van der Waals surface area (Å²) in [7, 11) is 0. The third-order valence-corrected chi connectivity index (χ3v) is 7.15. The predicted octanol–water partition coefficient (Wildman–Crippen LogP) is 2.06. The molecule has 30 heavy (non-hydrogen) atoms. The van der Waals surface area contributed by atoms with Crippen LogP contribution in [-0.2, 0) is 9.59 Å². The summed E-state index contributed by atoms with van der Waals surface area (Å²) in [6, 6.07) is 5.63. The third-order valence-electron chi connectivity index (χ3n) is 5.62. The average Bonchev–Trinajstić information content (AvgIpc) is 3.10. The number of amides is 3. The van der Waals surface area contributed by atoms with Gasteiger partial charge in [0.1, 0.15) is 17.5 Å². The summed E-state index contributed by atoms with van der Waals surface area (Å²) in [5.41, 5.74) is 1.56. The zero-order valence-electron chi connectivity index (χ0n) is 18.1. The van der Waals surface area contributed by atoms with Crippen LogP contribution in [0, 0.1) is 5.92 Å². The first-order chi connectivity index (χ1) is 14.1. The molecule has 1 aromatic carbocycles. The molecule has 3 N–H and O–H groups in total. The Hall–Kier alpha value is -2.06. The molecule has 4 atom stereocenters. The molecule has 0 radical (unpaired) electrons. The predicted molar refractivity (Wildman–Crippen MR) is 117 cm³/mol. The van der Waals surface area contributed by atoms with E-state index in [1.165, 1.54) is 0 Å². The van der Waals surface area contributed by atoms with Gasteiger partial charge in [-0.15, -0.1) is 11.8 Å². The summed E-state index contributed by atoms with van der Waals surface area (Å²) in [6.07, 6.45) is 0.650. The lowest BCUT2D eigenvalue weighted by atomic mass is 10.00. The summed E-state index contributed by atoms with van der Waals surface area (Å²) in [6.45, 7) is 9.39. The van der Waals surface area contributed by atoms with E-state index in [4.69, 9.17) is 0 Å². The fourth-order valence-corrected chi connectivity index (χ4v) is 5.83. The van der Waals surface area contributed by atoms with E-state index in [0.717, 1.165) is 5.56 Å². The van der Waals surface area contributed by atoms with Crippen molar-refractivity contribution in [3.05, 3.63) is 35.4 Å². The summed E-state index contributed by atoms with van der Waals surface area (Å²) in [5.74, 6) is -0.520. The number of thioether (sulfide) groups is 1. The number of aliphatic hydroxyl groups excluding tert-OH is 1. The summed E-state index contributed by atoms with van der Waals surface area (Å²) in [5, 5.41) is 14.9. The molecule has 164 valence electrons. The first-order valence-corrected chi connectivity index (χ1v) is 11.3. The molecule has 3 rings (SSSR count). The van der Waals surface area contributed by atoms with Gasteiger partial charge < -0.3 is 20.6 Å². The second-order valence-electron chi connectivity index (χ2n) is 9.02. The molecule has 1 aromatic rings. The van der Waals surface area contributed by atoms with E-state index in [2.05, 4.69) is 10.6 Å². The van der Waals surface area contributed by atoms with E-state index >= 15 is 0 Å². The van der Waals surface area contributed by atoms with E-state index in [1.807, 2.05) is 45.9 Å². The van der Waals surface area contributed by atoms with Crippen LogP contribution < -0.4 is 10.6 Å². The number of carbonyl (C=O) groups is 3. The van der Waals surface area contributed by atoms with Gasteiger partial charge in [-0.1, -0.05) is 32.0 Å². The minimum atomic E-state index is -0.779. The van der Waals surface area contributed by atoms with Gasteiger partial charge in [0.05, 0.1) is 12.6 Å². The molecular formula is C22H31N3O4S. The highest BCUT2D eigenvalue weighted by atomic mass is 32.2. The van der Waals surface area contributed by atoms with Gasteiger partial charge in [-0.3, -0.25) is 14.4 Å². The second kappa shape index (κ2) is 8.59. The molecule has 1 saturated heterocycles. The minimum Gasteiger partial charge on any atom is -0.394 e. The molecular weight excluding hydrogens is 402 g/mol. The van der Waals surface area contributed by atoms with Crippen molar-refractivity contribution >= 4 is 29.5 Å². The molecule has 0 aliphatic carbocycles. The van der Waals surface area contributed by atoms with Gasteiger partial charge in [-0.2, -0.15) is 0 Å². The topological polar surface area (TPSA) is 98.7 Å².